The second-order valence-corrected chi connectivity index (χ2v) is 7.77. The van der Waals surface area contributed by atoms with E-state index in [0.29, 0.717) is 13.1 Å². The number of benzene rings is 1. The summed E-state index contributed by atoms with van der Waals surface area (Å²) in [5, 5.41) is 5.40. The number of carbonyl (C=O) groups excluding carboxylic acids is 3. The van der Waals surface area contributed by atoms with E-state index in [1.807, 2.05) is 0 Å². The third kappa shape index (κ3) is 3.70. The van der Waals surface area contributed by atoms with Crippen molar-refractivity contribution in [1.29, 1.82) is 0 Å². The van der Waals surface area contributed by atoms with Crippen molar-refractivity contribution >= 4 is 29.3 Å². The summed E-state index contributed by atoms with van der Waals surface area (Å²) < 4.78 is 34.6. The van der Waals surface area contributed by atoms with E-state index in [1.54, 1.807) is 4.90 Å². The van der Waals surface area contributed by atoms with E-state index in [1.165, 1.54) is 13.8 Å². The molecule has 0 bridgehead atoms. The summed E-state index contributed by atoms with van der Waals surface area (Å²) in [4.78, 5) is 37.0. The fraction of sp³-hybridized carbons (Fsp3) is 0.526. The van der Waals surface area contributed by atoms with Crippen molar-refractivity contribution in [2.75, 3.05) is 36.0 Å². The van der Waals surface area contributed by atoms with Crippen molar-refractivity contribution in [3.63, 3.8) is 0 Å². The van der Waals surface area contributed by atoms with Gasteiger partial charge in [0.15, 0.2) is 11.6 Å². The highest BCUT2D eigenvalue weighted by Crippen LogP contribution is 2.48. The fourth-order valence-electron chi connectivity index (χ4n) is 4.26. The summed E-state index contributed by atoms with van der Waals surface area (Å²) in [6.45, 7) is 3.95. The van der Waals surface area contributed by atoms with Crippen LogP contribution in [-0.4, -0.2) is 56.2 Å². The molecule has 4 rings (SSSR count). The molecule has 0 radical (unpaired) electrons. The van der Waals surface area contributed by atoms with Gasteiger partial charge in [0, 0.05) is 56.9 Å². The van der Waals surface area contributed by atoms with E-state index in [-0.39, 0.29) is 54.2 Å². The number of piperidine rings is 1. The maximum absolute atomic E-state index is 14.8. The van der Waals surface area contributed by atoms with Crippen LogP contribution in [0.5, 0.6) is 0 Å². The van der Waals surface area contributed by atoms with Gasteiger partial charge >= 0.3 is 6.09 Å². The Morgan fingerprint density at radius 3 is 2.28 bits per heavy atom. The molecule has 3 amide bonds. The minimum atomic E-state index is -0.754. The largest absolute Gasteiger partial charge is 0.442 e. The first-order valence-electron chi connectivity index (χ1n) is 9.48. The van der Waals surface area contributed by atoms with E-state index in [9.17, 15) is 23.2 Å². The number of cyclic esters (lactones) is 1. The van der Waals surface area contributed by atoms with Crippen LogP contribution in [0.3, 0.4) is 0 Å². The first-order valence-corrected chi connectivity index (χ1v) is 9.48. The van der Waals surface area contributed by atoms with Crippen LogP contribution in [0, 0.1) is 23.5 Å². The van der Waals surface area contributed by atoms with Gasteiger partial charge in [-0.15, -0.1) is 0 Å². The van der Waals surface area contributed by atoms with Crippen LogP contribution in [0.1, 0.15) is 13.8 Å². The molecule has 2 N–H and O–H groups in total. The SMILES string of the molecule is CC(=O)NCC1CN(c2cc(F)c(N3CC4C(C3)C4NC(C)=O)c(F)c2)C(=O)O1. The summed E-state index contributed by atoms with van der Waals surface area (Å²) in [5.41, 5.74) is -0.0514. The molecule has 3 aliphatic rings. The predicted octanol–water partition coefficient (Wildman–Crippen LogP) is 0.997. The van der Waals surface area contributed by atoms with Crippen LogP contribution in [0.15, 0.2) is 12.1 Å². The monoisotopic (exact) mass is 408 g/mol. The molecule has 8 nitrogen and oxygen atoms in total. The number of carbonyl (C=O) groups is 3. The minimum Gasteiger partial charge on any atom is -0.442 e. The van der Waals surface area contributed by atoms with E-state index in [0.717, 1.165) is 17.0 Å². The number of nitrogens with zero attached hydrogens (tertiary/aromatic N) is 2. The number of fused-ring (bicyclic) bond motifs is 1. The minimum absolute atomic E-state index is 0.0690. The Labute approximate surface area is 166 Å². The highest BCUT2D eigenvalue weighted by atomic mass is 19.1. The lowest BCUT2D eigenvalue weighted by Crippen LogP contribution is -2.34. The first-order chi connectivity index (χ1) is 13.7. The van der Waals surface area contributed by atoms with Crippen molar-refractivity contribution in [1.82, 2.24) is 10.6 Å². The molecule has 29 heavy (non-hydrogen) atoms. The van der Waals surface area contributed by atoms with Crippen LogP contribution >= 0.6 is 0 Å². The number of rotatable bonds is 5. The maximum atomic E-state index is 14.8. The highest BCUT2D eigenvalue weighted by Gasteiger charge is 2.56. The van der Waals surface area contributed by atoms with Crippen LogP contribution in [0.2, 0.25) is 0 Å². The van der Waals surface area contributed by atoms with Crippen LogP contribution in [-0.2, 0) is 14.3 Å². The summed E-state index contributed by atoms with van der Waals surface area (Å²) >= 11 is 0. The molecule has 1 aromatic carbocycles. The summed E-state index contributed by atoms with van der Waals surface area (Å²) in [7, 11) is 0. The molecule has 156 valence electrons. The van der Waals surface area contributed by atoms with Gasteiger partial charge in [-0.1, -0.05) is 0 Å². The number of halogens is 2. The van der Waals surface area contributed by atoms with Gasteiger partial charge in [0.1, 0.15) is 11.8 Å². The summed E-state index contributed by atoms with van der Waals surface area (Å²) in [5.74, 6) is -1.48. The highest BCUT2D eigenvalue weighted by molar-refractivity contribution is 5.90. The molecule has 10 heteroatoms. The van der Waals surface area contributed by atoms with Crippen molar-refractivity contribution in [2.24, 2.45) is 11.8 Å². The summed E-state index contributed by atoms with van der Waals surface area (Å²) in [6, 6.07) is 2.32. The topological polar surface area (TPSA) is 91.0 Å². The van der Waals surface area contributed by atoms with Gasteiger partial charge in [0.25, 0.3) is 0 Å². The van der Waals surface area contributed by atoms with Gasteiger partial charge < -0.3 is 20.3 Å². The van der Waals surface area contributed by atoms with Gasteiger partial charge in [0.2, 0.25) is 11.8 Å². The van der Waals surface area contributed by atoms with Gasteiger partial charge in [0.05, 0.1) is 18.8 Å². The Morgan fingerprint density at radius 2 is 1.72 bits per heavy atom. The van der Waals surface area contributed by atoms with E-state index in [2.05, 4.69) is 10.6 Å². The third-order valence-corrected chi connectivity index (χ3v) is 5.65. The molecular weight excluding hydrogens is 386 g/mol. The van der Waals surface area contributed by atoms with Gasteiger partial charge in [-0.3, -0.25) is 14.5 Å². The molecule has 1 aliphatic carbocycles. The number of hydrogen-bond acceptors (Lipinski definition) is 5. The van der Waals surface area contributed by atoms with Crippen LogP contribution in [0.25, 0.3) is 0 Å². The molecular formula is C19H22F2N4O4. The second kappa shape index (κ2) is 7.16. The zero-order chi connectivity index (χ0) is 20.9. The molecule has 0 aromatic heterocycles. The Balaban J connectivity index is 1.44. The lowest BCUT2D eigenvalue weighted by molar-refractivity contribution is -0.120. The standard InChI is InChI=1S/C19H22F2N4O4/c1-9(26)22-5-12-6-25(19(28)29-12)11-3-15(20)18(16(21)4-11)24-7-13-14(8-24)17(13)23-10(2)27/h3-4,12-14,17H,5-8H2,1-2H3,(H,22,26)(H,23,27). The zero-order valence-electron chi connectivity index (χ0n) is 16.1. The molecule has 2 saturated heterocycles. The number of nitrogens with one attached hydrogen (secondary N) is 2. The van der Waals surface area contributed by atoms with E-state index >= 15 is 0 Å². The van der Waals surface area contributed by atoms with Crippen molar-refractivity contribution < 1.29 is 27.9 Å². The smallest absolute Gasteiger partial charge is 0.414 e. The third-order valence-electron chi connectivity index (χ3n) is 5.65. The molecule has 1 aromatic rings. The fourth-order valence-corrected chi connectivity index (χ4v) is 4.26. The molecule has 2 aliphatic heterocycles. The van der Waals surface area contributed by atoms with Crippen LogP contribution < -0.4 is 20.4 Å². The van der Waals surface area contributed by atoms with Crippen molar-refractivity contribution in [2.45, 2.75) is 26.0 Å². The van der Waals surface area contributed by atoms with Crippen molar-refractivity contribution in [3.05, 3.63) is 23.8 Å². The second-order valence-electron chi connectivity index (χ2n) is 7.77. The lowest BCUT2D eigenvalue weighted by atomic mass is 10.2. The Bertz CT molecular complexity index is 845. The first kappa shape index (κ1) is 19.4. The van der Waals surface area contributed by atoms with Crippen LogP contribution in [0.4, 0.5) is 25.0 Å². The number of amides is 3. The van der Waals surface area contributed by atoms with Gasteiger partial charge in [-0.2, -0.15) is 0 Å². The molecule has 1 saturated carbocycles. The molecule has 3 atom stereocenters. The maximum Gasteiger partial charge on any atom is 0.414 e. The van der Waals surface area contributed by atoms with Gasteiger partial charge in [-0.05, 0) is 0 Å². The number of ether oxygens (including phenoxy) is 1. The van der Waals surface area contributed by atoms with E-state index in [4.69, 9.17) is 4.74 Å². The average molecular weight is 408 g/mol. The number of hydrogen-bond donors (Lipinski definition) is 2. The van der Waals surface area contributed by atoms with Crippen molar-refractivity contribution in [3.8, 4) is 0 Å². The molecule has 0 spiro atoms. The lowest BCUT2D eigenvalue weighted by Gasteiger charge is -2.24. The summed E-state index contributed by atoms with van der Waals surface area (Å²) in [6.07, 6.45) is -1.30. The molecule has 3 unspecified atom stereocenters. The average Bonchev–Trinajstić information content (AvgIpc) is 2.97. The normalized spacial score (nSPS) is 27.5. The Morgan fingerprint density at radius 1 is 1.10 bits per heavy atom. The Hall–Kier alpha value is -2.91. The van der Waals surface area contributed by atoms with Gasteiger partial charge in [-0.25, -0.2) is 13.6 Å². The predicted molar refractivity (Wildman–Crippen MR) is 99.5 cm³/mol. The molecule has 2 heterocycles. The number of anilines is 2. The molecule has 3 fully saturated rings. The zero-order valence-corrected chi connectivity index (χ0v) is 16.1. The Kier molecular flexibility index (Phi) is 4.79. The van der Waals surface area contributed by atoms with E-state index < -0.39 is 23.8 Å². The quantitative estimate of drug-likeness (QED) is 0.759.